The minimum absolute atomic E-state index is 0.148. The highest BCUT2D eigenvalue weighted by Crippen LogP contribution is 2.21. The quantitative estimate of drug-likeness (QED) is 0.759. The van der Waals surface area contributed by atoms with Crippen molar-refractivity contribution in [3.05, 3.63) is 21.9 Å². The predicted molar refractivity (Wildman–Crippen MR) is 60.7 cm³/mol. The van der Waals surface area contributed by atoms with Crippen molar-refractivity contribution in [2.24, 2.45) is 0 Å². The Kier molecular flexibility index (Phi) is 5.28. The van der Waals surface area contributed by atoms with Gasteiger partial charge in [0.15, 0.2) is 0 Å². The summed E-state index contributed by atoms with van der Waals surface area (Å²) in [5.41, 5.74) is 0. The molecule has 0 aliphatic carbocycles. The van der Waals surface area contributed by atoms with Gasteiger partial charge in [-0.05, 0) is 31.5 Å². The highest BCUT2D eigenvalue weighted by molar-refractivity contribution is 7.11. The van der Waals surface area contributed by atoms with E-state index >= 15 is 0 Å². The van der Waals surface area contributed by atoms with Gasteiger partial charge in [-0.25, -0.2) is 0 Å². The highest BCUT2D eigenvalue weighted by Gasteiger charge is 2.25. The molecule has 1 rings (SSSR count). The lowest BCUT2D eigenvalue weighted by atomic mass is 10.3. The predicted octanol–water partition coefficient (Wildman–Crippen LogP) is 3.74. The number of hydrogen-bond acceptors (Lipinski definition) is 2. The van der Waals surface area contributed by atoms with E-state index in [1.807, 2.05) is 6.07 Å². The second kappa shape index (κ2) is 6.25. The Labute approximate surface area is 97.7 Å². The Hall–Kier alpha value is -0.550. The molecule has 1 aromatic rings. The lowest BCUT2D eigenvalue weighted by Gasteiger charge is -2.06. The number of halogens is 3. The molecule has 1 heterocycles. The monoisotopic (exact) mass is 251 g/mol. The van der Waals surface area contributed by atoms with E-state index in [1.54, 1.807) is 11.3 Å². The molecular weight excluding hydrogens is 235 g/mol. The molecule has 0 saturated carbocycles. The number of rotatable bonds is 6. The summed E-state index contributed by atoms with van der Waals surface area (Å²) in [6.07, 6.45) is -3.57. The van der Waals surface area contributed by atoms with Crippen molar-refractivity contribution in [3.8, 4) is 0 Å². The van der Waals surface area contributed by atoms with Crippen LogP contribution in [0.4, 0.5) is 13.2 Å². The van der Waals surface area contributed by atoms with Gasteiger partial charge in [-0.15, -0.1) is 11.3 Å². The molecule has 0 aromatic carbocycles. The van der Waals surface area contributed by atoms with E-state index < -0.39 is 12.6 Å². The SMILES string of the molecule is CCc1ccc(CNCCCC(F)(F)F)s1. The van der Waals surface area contributed by atoms with Gasteiger partial charge in [0.25, 0.3) is 0 Å². The number of thiophene rings is 1. The van der Waals surface area contributed by atoms with E-state index in [0.29, 0.717) is 13.1 Å². The second-order valence-corrected chi connectivity index (χ2v) is 4.87. The third-order valence-electron chi connectivity index (χ3n) is 2.18. The summed E-state index contributed by atoms with van der Waals surface area (Å²) in [5, 5.41) is 3.02. The minimum atomic E-state index is -4.03. The van der Waals surface area contributed by atoms with Gasteiger partial charge in [0.1, 0.15) is 0 Å². The fourth-order valence-corrected chi connectivity index (χ4v) is 2.26. The molecule has 1 N–H and O–H groups in total. The van der Waals surface area contributed by atoms with Crippen LogP contribution in [0.2, 0.25) is 0 Å². The third-order valence-corrected chi connectivity index (χ3v) is 3.41. The van der Waals surface area contributed by atoms with Crippen LogP contribution >= 0.6 is 11.3 Å². The number of aryl methyl sites for hydroxylation is 1. The first-order valence-electron chi connectivity index (χ1n) is 5.36. The average molecular weight is 251 g/mol. The number of alkyl halides is 3. The van der Waals surface area contributed by atoms with Crippen LogP contribution in [0, 0.1) is 0 Å². The summed E-state index contributed by atoms with van der Waals surface area (Å²) in [6, 6.07) is 4.09. The molecule has 1 aromatic heterocycles. The van der Waals surface area contributed by atoms with Gasteiger partial charge in [-0.2, -0.15) is 13.2 Å². The van der Waals surface area contributed by atoms with E-state index in [2.05, 4.69) is 18.3 Å². The van der Waals surface area contributed by atoms with Crippen molar-refractivity contribution in [1.82, 2.24) is 5.32 Å². The smallest absolute Gasteiger partial charge is 0.312 e. The molecule has 0 amide bonds. The van der Waals surface area contributed by atoms with Gasteiger partial charge < -0.3 is 5.32 Å². The van der Waals surface area contributed by atoms with Gasteiger partial charge in [0, 0.05) is 22.7 Å². The first-order chi connectivity index (χ1) is 7.51. The zero-order valence-corrected chi connectivity index (χ0v) is 10.0. The maximum atomic E-state index is 11.8. The zero-order chi connectivity index (χ0) is 12.0. The lowest BCUT2D eigenvalue weighted by Crippen LogP contribution is -2.17. The number of nitrogens with one attached hydrogen (secondary N) is 1. The molecule has 0 fully saturated rings. The molecule has 0 aliphatic heterocycles. The summed E-state index contributed by atoms with van der Waals surface area (Å²) >= 11 is 1.71. The standard InChI is InChI=1S/C11H16F3NS/c1-2-9-4-5-10(16-9)8-15-7-3-6-11(12,13)14/h4-5,15H,2-3,6-8H2,1H3. The maximum Gasteiger partial charge on any atom is 0.389 e. The largest absolute Gasteiger partial charge is 0.389 e. The molecule has 0 aliphatic rings. The summed E-state index contributed by atoms with van der Waals surface area (Å²) in [4.78, 5) is 2.50. The van der Waals surface area contributed by atoms with Crippen LogP contribution in [0.25, 0.3) is 0 Å². The Morgan fingerprint density at radius 2 is 1.94 bits per heavy atom. The van der Waals surface area contributed by atoms with Crippen LogP contribution in [0.3, 0.4) is 0 Å². The fourth-order valence-electron chi connectivity index (χ4n) is 1.33. The molecule has 0 unspecified atom stereocenters. The molecule has 0 bridgehead atoms. The van der Waals surface area contributed by atoms with Gasteiger partial charge >= 0.3 is 6.18 Å². The van der Waals surface area contributed by atoms with Crippen LogP contribution < -0.4 is 5.32 Å². The highest BCUT2D eigenvalue weighted by atomic mass is 32.1. The van der Waals surface area contributed by atoms with Crippen LogP contribution in [0.15, 0.2) is 12.1 Å². The van der Waals surface area contributed by atoms with Gasteiger partial charge in [-0.1, -0.05) is 6.92 Å². The van der Waals surface area contributed by atoms with Gasteiger partial charge in [0.2, 0.25) is 0 Å². The van der Waals surface area contributed by atoms with E-state index in [-0.39, 0.29) is 6.42 Å². The molecule has 0 atom stereocenters. The van der Waals surface area contributed by atoms with Crippen LogP contribution in [-0.2, 0) is 13.0 Å². The normalized spacial score (nSPS) is 12.0. The van der Waals surface area contributed by atoms with E-state index in [9.17, 15) is 13.2 Å². The van der Waals surface area contributed by atoms with Crippen molar-refractivity contribution in [1.29, 1.82) is 0 Å². The molecule has 0 radical (unpaired) electrons. The van der Waals surface area contributed by atoms with E-state index in [0.717, 1.165) is 6.42 Å². The van der Waals surface area contributed by atoms with Crippen LogP contribution in [-0.4, -0.2) is 12.7 Å². The molecule has 16 heavy (non-hydrogen) atoms. The Bertz CT molecular complexity index is 306. The molecule has 92 valence electrons. The van der Waals surface area contributed by atoms with Crippen LogP contribution in [0.1, 0.15) is 29.5 Å². The summed E-state index contributed by atoms with van der Waals surface area (Å²) in [7, 11) is 0. The first-order valence-corrected chi connectivity index (χ1v) is 6.18. The Balaban J connectivity index is 2.11. The van der Waals surface area contributed by atoms with Crippen molar-refractivity contribution in [2.75, 3.05) is 6.54 Å². The lowest BCUT2D eigenvalue weighted by molar-refractivity contribution is -0.135. The van der Waals surface area contributed by atoms with E-state index in [4.69, 9.17) is 0 Å². The second-order valence-electron chi connectivity index (χ2n) is 3.62. The summed E-state index contributed by atoms with van der Waals surface area (Å²) < 4.78 is 35.5. The molecule has 0 saturated heterocycles. The minimum Gasteiger partial charge on any atom is -0.312 e. The first kappa shape index (κ1) is 13.5. The average Bonchev–Trinajstić information content (AvgIpc) is 2.63. The van der Waals surface area contributed by atoms with Crippen molar-refractivity contribution < 1.29 is 13.2 Å². The van der Waals surface area contributed by atoms with Crippen molar-refractivity contribution in [3.63, 3.8) is 0 Å². The summed E-state index contributed by atoms with van der Waals surface area (Å²) in [5.74, 6) is 0. The third kappa shape index (κ3) is 5.51. The van der Waals surface area contributed by atoms with Gasteiger partial charge in [0.05, 0.1) is 0 Å². The molecule has 5 heteroatoms. The Morgan fingerprint density at radius 3 is 2.50 bits per heavy atom. The summed E-state index contributed by atoms with van der Waals surface area (Å²) in [6.45, 7) is 3.17. The molecule has 1 nitrogen and oxygen atoms in total. The van der Waals surface area contributed by atoms with Crippen molar-refractivity contribution in [2.45, 2.75) is 38.9 Å². The van der Waals surface area contributed by atoms with Gasteiger partial charge in [-0.3, -0.25) is 0 Å². The number of hydrogen-bond donors (Lipinski definition) is 1. The van der Waals surface area contributed by atoms with E-state index in [1.165, 1.54) is 9.75 Å². The topological polar surface area (TPSA) is 12.0 Å². The fraction of sp³-hybridized carbons (Fsp3) is 0.636. The molecular formula is C11H16F3NS. The van der Waals surface area contributed by atoms with Crippen molar-refractivity contribution >= 4 is 11.3 Å². The molecule has 0 spiro atoms. The maximum absolute atomic E-state index is 11.8. The van der Waals surface area contributed by atoms with Crippen LogP contribution in [0.5, 0.6) is 0 Å². The zero-order valence-electron chi connectivity index (χ0n) is 9.23. The Morgan fingerprint density at radius 1 is 1.25 bits per heavy atom.